The normalized spacial score (nSPS) is 10.7. The third-order valence-corrected chi connectivity index (χ3v) is 2.80. The van der Waals surface area contributed by atoms with Gasteiger partial charge in [-0.15, -0.1) is 0 Å². The Bertz CT molecular complexity index is 666. The Morgan fingerprint density at radius 2 is 2.00 bits per heavy atom. The highest BCUT2D eigenvalue weighted by molar-refractivity contribution is 5.62. The Morgan fingerprint density at radius 1 is 1.22 bits per heavy atom. The summed E-state index contributed by atoms with van der Waals surface area (Å²) in [6.45, 7) is 1.96. The highest BCUT2D eigenvalue weighted by atomic mass is 16.5. The van der Waals surface area contributed by atoms with Crippen molar-refractivity contribution >= 4 is 5.88 Å². The Balaban J connectivity index is 1.97. The van der Waals surface area contributed by atoms with Crippen molar-refractivity contribution in [2.75, 3.05) is 5.73 Å². The second-order valence-electron chi connectivity index (χ2n) is 4.01. The van der Waals surface area contributed by atoms with Crippen molar-refractivity contribution in [3.63, 3.8) is 0 Å². The Morgan fingerprint density at radius 3 is 2.56 bits per heavy atom. The summed E-state index contributed by atoms with van der Waals surface area (Å²) in [5, 5.41) is 3.88. The number of nitrogen functional groups attached to an aromatic ring is 1. The monoisotopic (exact) mass is 240 g/mol. The van der Waals surface area contributed by atoms with E-state index in [2.05, 4.69) is 10.1 Å². The van der Waals surface area contributed by atoms with Gasteiger partial charge in [0.05, 0.1) is 0 Å². The molecule has 0 amide bonds. The van der Waals surface area contributed by atoms with E-state index < -0.39 is 0 Å². The number of nitrogens with two attached hydrogens (primary N) is 1. The zero-order valence-corrected chi connectivity index (χ0v) is 9.87. The minimum atomic E-state index is 0.319. The van der Waals surface area contributed by atoms with Crippen LogP contribution in [0.4, 0.5) is 5.88 Å². The third kappa shape index (κ3) is 1.75. The fourth-order valence-electron chi connectivity index (χ4n) is 1.87. The van der Waals surface area contributed by atoms with Crippen molar-refractivity contribution < 1.29 is 4.52 Å². The number of rotatable bonds is 2. The van der Waals surface area contributed by atoms with Crippen LogP contribution in [0.1, 0.15) is 5.82 Å². The van der Waals surface area contributed by atoms with Crippen LogP contribution < -0.4 is 5.73 Å². The first-order valence-electron chi connectivity index (χ1n) is 5.57. The number of aromatic nitrogens is 3. The molecule has 0 fully saturated rings. The van der Waals surface area contributed by atoms with E-state index in [1.807, 2.05) is 42.0 Å². The van der Waals surface area contributed by atoms with Gasteiger partial charge in [-0.2, -0.15) is 0 Å². The zero-order chi connectivity index (χ0) is 12.5. The van der Waals surface area contributed by atoms with Crippen LogP contribution in [0.5, 0.6) is 0 Å². The predicted molar refractivity (Wildman–Crippen MR) is 68.2 cm³/mol. The fraction of sp³-hybridized carbons (Fsp3) is 0.0769. The fourth-order valence-corrected chi connectivity index (χ4v) is 1.87. The summed E-state index contributed by atoms with van der Waals surface area (Å²) in [6.07, 6.45) is 3.71. The van der Waals surface area contributed by atoms with Gasteiger partial charge < -0.3 is 14.8 Å². The average Bonchev–Trinajstić information content (AvgIpc) is 2.98. The molecule has 0 atom stereocenters. The number of nitrogens with zero attached hydrogens (tertiary/aromatic N) is 3. The molecule has 2 aromatic heterocycles. The molecule has 5 nitrogen and oxygen atoms in total. The number of imidazole rings is 1. The van der Waals surface area contributed by atoms with Gasteiger partial charge in [0.2, 0.25) is 5.88 Å². The molecule has 0 bridgehead atoms. The van der Waals surface area contributed by atoms with Crippen molar-refractivity contribution in [1.82, 2.24) is 14.7 Å². The molecular weight excluding hydrogens is 228 g/mol. The molecule has 0 aliphatic rings. The molecular formula is C13H12N4O. The number of anilines is 1. The number of hydrogen-bond acceptors (Lipinski definition) is 4. The maximum atomic E-state index is 5.50. The molecule has 0 radical (unpaired) electrons. The lowest BCUT2D eigenvalue weighted by atomic mass is 10.1. The summed E-state index contributed by atoms with van der Waals surface area (Å²) in [4.78, 5) is 4.20. The summed E-state index contributed by atoms with van der Waals surface area (Å²) in [6, 6.07) is 9.68. The molecule has 3 rings (SSSR count). The van der Waals surface area contributed by atoms with Crippen LogP contribution in [-0.4, -0.2) is 14.7 Å². The van der Waals surface area contributed by atoms with E-state index in [9.17, 15) is 0 Å². The van der Waals surface area contributed by atoms with E-state index in [0.717, 1.165) is 22.8 Å². The van der Waals surface area contributed by atoms with Crippen molar-refractivity contribution in [3.05, 3.63) is 48.5 Å². The molecule has 2 N–H and O–H groups in total. The van der Waals surface area contributed by atoms with Gasteiger partial charge in [-0.1, -0.05) is 17.3 Å². The lowest BCUT2D eigenvalue weighted by molar-refractivity contribution is 0.439. The first kappa shape index (κ1) is 10.6. The summed E-state index contributed by atoms with van der Waals surface area (Å²) in [7, 11) is 0. The van der Waals surface area contributed by atoms with Crippen LogP contribution in [-0.2, 0) is 0 Å². The minimum absolute atomic E-state index is 0.319. The predicted octanol–water partition coefficient (Wildman–Crippen LogP) is 2.42. The van der Waals surface area contributed by atoms with E-state index in [1.165, 1.54) is 0 Å². The SMILES string of the molecule is Cc1nccn1-c1ccc(-c2cc(N)on2)cc1. The number of benzene rings is 1. The molecule has 0 aliphatic heterocycles. The molecule has 0 spiro atoms. The van der Waals surface area contributed by atoms with Gasteiger partial charge in [-0.25, -0.2) is 4.98 Å². The van der Waals surface area contributed by atoms with Crippen molar-refractivity contribution in [3.8, 4) is 16.9 Å². The summed E-state index contributed by atoms with van der Waals surface area (Å²) >= 11 is 0. The summed E-state index contributed by atoms with van der Waals surface area (Å²) < 4.78 is 6.87. The van der Waals surface area contributed by atoms with Gasteiger partial charge in [0.15, 0.2) is 0 Å². The highest BCUT2D eigenvalue weighted by Gasteiger charge is 2.05. The molecule has 0 saturated heterocycles. The van der Waals surface area contributed by atoms with Gasteiger partial charge in [-0.05, 0) is 19.1 Å². The van der Waals surface area contributed by atoms with Crippen molar-refractivity contribution in [2.24, 2.45) is 0 Å². The Labute approximate surface area is 104 Å². The maximum Gasteiger partial charge on any atom is 0.222 e. The summed E-state index contributed by atoms with van der Waals surface area (Å²) in [5.74, 6) is 1.27. The highest BCUT2D eigenvalue weighted by Crippen LogP contribution is 2.21. The van der Waals surface area contributed by atoms with Gasteiger partial charge in [0.25, 0.3) is 0 Å². The quantitative estimate of drug-likeness (QED) is 0.746. The van der Waals surface area contributed by atoms with Gasteiger partial charge in [0.1, 0.15) is 11.5 Å². The molecule has 3 aromatic rings. The lowest BCUT2D eigenvalue weighted by Gasteiger charge is -2.05. The average molecular weight is 240 g/mol. The maximum absolute atomic E-state index is 5.50. The van der Waals surface area contributed by atoms with E-state index in [1.54, 1.807) is 12.3 Å². The molecule has 0 unspecified atom stereocenters. The molecule has 0 aliphatic carbocycles. The minimum Gasteiger partial charge on any atom is -0.368 e. The van der Waals surface area contributed by atoms with Crippen LogP contribution in [0, 0.1) is 6.92 Å². The van der Waals surface area contributed by atoms with Crippen LogP contribution >= 0.6 is 0 Å². The van der Waals surface area contributed by atoms with Gasteiger partial charge in [0, 0.05) is 29.7 Å². The van der Waals surface area contributed by atoms with Crippen LogP contribution in [0.3, 0.4) is 0 Å². The molecule has 1 aromatic carbocycles. The van der Waals surface area contributed by atoms with E-state index >= 15 is 0 Å². The van der Waals surface area contributed by atoms with Crippen LogP contribution in [0.15, 0.2) is 47.2 Å². The number of hydrogen-bond donors (Lipinski definition) is 1. The Hall–Kier alpha value is -2.56. The number of aryl methyl sites for hydroxylation is 1. The lowest BCUT2D eigenvalue weighted by Crippen LogP contribution is -1.94. The zero-order valence-electron chi connectivity index (χ0n) is 9.87. The van der Waals surface area contributed by atoms with Gasteiger partial charge >= 0.3 is 0 Å². The van der Waals surface area contributed by atoms with Crippen molar-refractivity contribution in [2.45, 2.75) is 6.92 Å². The standard InChI is InChI=1S/C13H12N4O/c1-9-15-6-7-17(9)11-4-2-10(3-5-11)12-8-13(14)18-16-12/h2-8H,14H2,1H3. The third-order valence-electron chi connectivity index (χ3n) is 2.80. The van der Waals surface area contributed by atoms with E-state index in [0.29, 0.717) is 5.88 Å². The molecule has 5 heteroatoms. The molecule has 18 heavy (non-hydrogen) atoms. The summed E-state index contributed by atoms with van der Waals surface area (Å²) in [5.41, 5.74) is 8.27. The van der Waals surface area contributed by atoms with Gasteiger partial charge in [-0.3, -0.25) is 0 Å². The van der Waals surface area contributed by atoms with Crippen molar-refractivity contribution in [1.29, 1.82) is 0 Å². The Kier molecular flexibility index (Phi) is 2.37. The molecule has 2 heterocycles. The second-order valence-corrected chi connectivity index (χ2v) is 4.01. The van der Waals surface area contributed by atoms with Crippen LogP contribution in [0.25, 0.3) is 16.9 Å². The van der Waals surface area contributed by atoms with E-state index in [4.69, 9.17) is 10.3 Å². The van der Waals surface area contributed by atoms with E-state index in [-0.39, 0.29) is 0 Å². The van der Waals surface area contributed by atoms with Crippen LogP contribution in [0.2, 0.25) is 0 Å². The first-order valence-corrected chi connectivity index (χ1v) is 5.57. The molecule has 90 valence electrons. The smallest absolute Gasteiger partial charge is 0.222 e. The topological polar surface area (TPSA) is 69.9 Å². The molecule has 0 saturated carbocycles. The first-order chi connectivity index (χ1) is 8.74. The largest absolute Gasteiger partial charge is 0.368 e. The second kappa shape index (κ2) is 4.03.